The largest absolute Gasteiger partial charge is 0.419 e. The quantitative estimate of drug-likeness (QED) is 0.749. The Labute approximate surface area is 165 Å². The van der Waals surface area contributed by atoms with E-state index in [9.17, 15) is 30.8 Å². The van der Waals surface area contributed by atoms with Crippen LogP contribution in [-0.4, -0.2) is 31.7 Å². The fourth-order valence-electron chi connectivity index (χ4n) is 3.18. The molecule has 0 aliphatic carbocycles. The van der Waals surface area contributed by atoms with Crippen molar-refractivity contribution in [3.05, 3.63) is 59.9 Å². The van der Waals surface area contributed by atoms with Crippen molar-refractivity contribution in [2.24, 2.45) is 5.92 Å². The molecule has 1 atom stereocenters. The Morgan fingerprint density at radius 1 is 1.10 bits per heavy atom. The highest BCUT2D eigenvalue weighted by Crippen LogP contribution is 2.33. The molecule has 1 amide bonds. The van der Waals surface area contributed by atoms with Crippen LogP contribution >= 0.6 is 0 Å². The molecule has 0 saturated carbocycles. The van der Waals surface area contributed by atoms with Crippen LogP contribution in [0.15, 0.2) is 53.4 Å². The van der Waals surface area contributed by atoms with Crippen molar-refractivity contribution >= 4 is 21.6 Å². The Balaban J connectivity index is 1.74. The number of piperidine rings is 1. The van der Waals surface area contributed by atoms with Gasteiger partial charge in [0.25, 0.3) is 0 Å². The predicted octanol–water partition coefficient (Wildman–Crippen LogP) is 3.88. The van der Waals surface area contributed by atoms with E-state index in [2.05, 4.69) is 5.32 Å². The number of carbonyl (C=O) groups is 1. The second-order valence-electron chi connectivity index (χ2n) is 6.70. The zero-order valence-electron chi connectivity index (χ0n) is 15.1. The fraction of sp³-hybridized carbons (Fsp3) is 0.316. The maximum absolute atomic E-state index is 13.4. The number of sulfonamides is 1. The maximum Gasteiger partial charge on any atom is 0.419 e. The third-order valence-corrected chi connectivity index (χ3v) is 6.55. The molecule has 0 radical (unpaired) electrons. The molecule has 5 nitrogen and oxygen atoms in total. The van der Waals surface area contributed by atoms with Crippen LogP contribution in [0.1, 0.15) is 18.4 Å². The number of rotatable bonds is 4. The van der Waals surface area contributed by atoms with Gasteiger partial charge in [-0.25, -0.2) is 12.8 Å². The van der Waals surface area contributed by atoms with Gasteiger partial charge in [-0.05, 0) is 43.2 Å². The lowest BCUT2D eigenvalue weighted by atomic mass is 9.98. The maximum atomic E-state index is 13.4. The van der Waals surface area contributed by atoms with Crippen molar-refractivity contribution in [3.8, 4) is 0 Å². The van der Waals surface area contributed by atoms with E-state index in [1.807, 2.05) is 0 Å². The monoisotopic (exact) mass is 430 g/mol. The summed E-state index contributed by atoms with van der Waals surface area (Å²) in [5, 5.41) is 2.34. The number of hydrogen-bond acceptors (Lipinski definition) is 3. The summed E-state index contributed by atoms with van der Waals surface area (Å²) < 4.78 is 78.6. The van der Waals surface area contributed by atoms with Crippen LogP contribution in [0, 0.1) is 11.7 Å². The van der Waals surface area contributed by atoms with Crippen molar-refractivity contribution in [2.75, 3.05) is 18.4 Å². The predicted molar refractivity (Wildman–Crippen MR) is 98.0 cm³/mol. The van der Waals surface area contributed by atoms with Crippen molar-refractivity contribution in [3.63, 3.8) is 0 Å². The molecule has 10 heteroatoms. The van der Waals surface area contributed by atoms with Crippen molar-refractivity contribution < 1.29 is 30.8 Å². The highest BCUT2D eigenvalue weighted by molar-refractivity contribution is 7.89. The van der Waals surface area contributed by atoms with E-state index in [-0.39, 0.29) is 23.7 Å². The molecule has 0 spiro atoms. The van der Waals surface area contributed by atoms with Gasteiger partial charge in [0.15, 0.2) is 0 Å². The highest BCUT2D eigenvalue weighted by atomic mass is 32.2. The molecular formula is C19H18F4N2O3S. The number of hydrogen-bond donors (Lipinski definition) is 1. The zero-order chi connectivity index (χ0) is 21.2. The standard InChI is InChI=1S/C19H18F4N2O3S/c20-17-9-8-14(11-16(17)19(21,22)23)24-18(26)13-5-4-10-25(12-13)29(27,28)15-6-2-1-3-7-15/h1-3,6-9,11,13H,4-5,10,12H2,(H,24,26). The molecule has 1 aliphatic heterocycles. The summed E-state index contributed by atoms with van der Waals surface area (Å²) in [5.74, 6) is -2.78. The SMILES string of the molecule is O=C(Nc1ccc(F)c(C(F)(F)F)c1)C1CCCN(S(=O)(=O)c2ccccc2)C1. The molecule has 156 valence electrons. The van der Waals surface area contributed by atoms with Crippen LogP contribution < -0.4 is 5.32 Å². The molecule has 1 heterocycles. The van der Waals surface area contributed by atoms with Gasteiger partial charge in [0.1, 0.15) is 5.82 Å². The van der Waals surface area contributed by atoms with Gasteiger partial charge < -0.3 is 5.32 Å². The summed E-state index contributed by atoms with van der Waals surface area (Å²) in [7, 11) is -3.78. The number of nitrogens with one attached hydrogen (secondary N) is 1. The summed E-state index contributed by atoms with van der Waals surface area (Å²) in [6.45, 7) is 0.159. The fourth-order valence-corrected chi connectivity index (χ4v) is 4.73. The van der Waals surface area contributed by atoms with E-state index >= 15 is 0 Å². The van der Waals surface area contributed by atoms with Crippen molar-refractivity contribution in [2.45, 2.75) is 23.9 Å². The first-order valence-corrected chi connectivity index (χ1v) is 10.3. The molecule has 2 aromatic rings. The summed E-state index contributed by atoms with van der Waals surface area (Å²) in [4.78, 5) is 12.6. The minimum atomic E-state index is -4.89. The lowest BCUT2D eigenvalue weighted by molar-refractivity contribution is -0.140. The Morgan fingerprint density at radius 2 is 1.79 bits per heavy atom. The summed E-state index contributed by atoms with van der Waals surface area (Å²) in [5.41, 5.74) is -1.68. The first kappa shape index (κ1) is 21.3. The third kappa shape index (κ3) is 4.76. The summed E-state index contributed by atoms with van der Waals surface area (Å²) >= 11 is 0. The number of anilines is 1. The van der Waals surface area contributed by atoms with Crippen LogP contribution in [0.25, 0.3) is 0 Å². The van der Waals surface area contributed by atoms with E-state index in [4.69, 9.17) is 0 Å². The molecule has 1 unspecified atom stereocenters. The number of benzene rings is 2. The van der Waals surface area contributed by atoms with Crippen LogP contribution in [0.3, 0.4) is 0 Å². The Morgan fingerprint density at radius 3 is 2.45 bits per heavy atom. The molecule has 0 bridgehead atoms. The average molecular weight is 430 g/mol. The van der Waals surface area contributed by atoms with E-state index < -0.39 is 39.4 Å². The third-order valence-electron chi connectivity index (χ3n) is 4.68. The van der Waals surface area contributed by atoms with Gasteiger partial charge in [0.2, 0.25) is 15.9 Å². The van der Waals surface area contributed by atoms with E-state index in [0.29, 0.717) is 25.0 Å². The first-order chi connectivity index (χ1) is 13.6. The summed E-state index contributed by atoms with van der Waals surface area (Å²) in [6, 6.07) is 9.96. The smallest absolute Gasteiger partial charge is 0.326 e. The van der Waals surface area contributed by atoms with Crippen molar-refractivity contribution in [1.29, 1.82) is 0 Å². The molecule has 1 fully saturated rings. The van der Waals surface area contributed by atoms with Crippen LogP contribution in [0.4, 0.5) is 23.2 Å². The molecule has 1 aliphatic rings. The molecule has 1 N–H and O–H groups in total. The second-order valence-corrected chi connectivity index (χ2v) is 8.63. The van der Waals surface area contributed by atoms with Crippen LogP contribution in [-0.2, 0) is 21.0 Å². The molecule has 29 heavy (non-hydrogen) atoms. The number of alkyl halides is 3. The molecule has 0 aromatic heterocycles. The zero-order valence-corrected chi connectivity index (χ0v) is 15.9. The molecule has 1 saturated heterocycles. The Bertz CT molecular complexity index is 994. The van der Waals surface area contributed by atoms with Gasteiger partial charge in [0.05, 0.1) is 16.4 Å². The lowest BCUT2D eigenvalue weighted by Crippen LogP contribution is -2.43. The van der Waals surface area contributed by atoms with Gasteiger partial charge in [-0.15, -0.1) is 0 Å². The lowest BCUT2D eigenvalue weighted by Gasteiger charge is -2.31. The van der Waals surface area contributed by atoms with E-state index in [0.717, 1.165) is 6.07 Å². The van der Waals surface area contributed by atoms with E-state index in [1.165, 1.54) is 16.4 Å². The number of amides is 1. The van der Waals surface area contributed by atoms with E-state index in [1.54, 1.807) is 18.2 Å². The van der Waals surface area contributed by atoms with Crippen molar-refractivity contribution in [1.82, 2.24) is 4.31 Å². The average Bonchev–Trinajstić information content (AvgIpc) is 2.69. The second kappa shape index (κ2) is 8.11. The van der Waals surface area contributed by atoms with Gasteiger partial charge >= 0.3 is 6.18 Å². The van der Waals surface area contributed by atoms with Gasteiger partial charge in [-0.2, -0.15) is 17.5 Å². The molecular weight excluding hydrogens is 412 g/mol. The first-order valence-electron chi connectivity index (χ1n) is 8.82. The topological polar surface area (TPSA) is 66.5 Å². The molecule has 3 rings (SSSR count). The minimum Gasteiger partial charge on any atom is -0.326 e. The van der Waals surface area contributed by atoms with Crippen LogP contribution in [0.2, 0.25) is 0 Å². The van der Waals surface area contributed by atoms with Gasteiger partial charge in [-0.3, -0.25) is 4.79 Å². The normalized spacial score (nSPS) is 18.4. The summed E-state index contributed by atoms with van der Waals surface area (Å²) in [6.07, 6.45) is -4.07. The number of halogens is 4. The van der Waals surface area contributed by atoms with Gasteiger partial charge in [0, 0.05) is 18.8 Å². The number of nitrogens with zero attached hydrogens (tertiary/aromatic N) is 1. The highest BCUT2D eigenvalue weighted by Gasteiger charge is 2.35. The molecule has 2 aromatic carbocycles. The van der Waals surface area contributed by atoms with Crippen LogP contribution in [0.5, 0.6) is 0 Å². The number of carbonyl (C=O) groups excluding carboxylic acids is 1. The minimum absolute atomic E-state index is 0.0869. The van der Waals surface area contributed by atoms with Gasteiger partial charge in [-0.1, -0.05) is 18.2 Å². The Kier molecular flexibility index (Phi) is 5.95. The Hall–Kier alpha value is -2.46.